The van der Waals surface area contributed by atoms with Crippen LogP contribution in [0.3, 0.4) is 0 Å². The topological polar surface area (TPSA) is 74.6 Å². The first-order valence-electron chi connectivity index (χ1n) is 4.53. The lowest BCUT2D eigenvalue weighted by molar-refractivity contribution is 0.117. The van der Waals surface area contributed by atoms with Gasteiger partial charge in [-0.2, -0.15) is 0 Å². The largest absolute Gasteiger partial charge is 0.395 e. The quantitative estimate of drug-likeness (QED) is 0.642. The minimum Gasteiger partial charge on any atom is -0.395 e. The minimum absolute atomic E-state index is 0.0258. The molecule has 2 atom stereocenters. The van der Waals surface area contributed by atoms with Gasteiger partial charge in [-0.15, -0.1) is 0 Å². The summed E-state index contributed by atoms with van der Waals surface area (Å²) in [6.07, 6.45) is 0.864. The molecule has 1 rings (SSSR count). The Bertz CT molecular complexity index is 255. The molecule has 0 spiro atoms. The monoisotopic (exact) mass is 208 g/mol. The van der Waals surface area contributed by atoms with Crippen LogP contribution in [0.5, 0.6) is 0 Å². The molecule has 4 nitrogen and oxygen atoms in total. The summed E-state index contributed by atoms with van der Waals surface area (Å²) in [5.41, 5.74) is 0. The number of rotatable bonds is 5. The molecule has 0 aromatic carbocycles. The summed E-state index contributed by atoms with van der Waals surface area (Å²) < 4.78 is 22.8. The van der Waals surface area contributed by atoms with Crippen molar-refractivity contribution in [3.8, 4) is 0 Å². The molecule has 1 saturated carbocycles. The summed E-state index contributed by atoms with van der Waals surface area (Å²) in [4.78, 5) is 0. The van der Waals surface area contributed by atoms with E-state index in [1.807, 2.05) is 0 Å². The molecule has 0 heterocycles. The summed E-state index contributed by atoms with van der Waals surface area (Å²) >= 11 is 0. The van der Waals surface area contributed by atoms with E-state index >= 15 is 0 Å². The Labute approximate surface area is 78.5 Å². The SMILES string of the molecule is CCS(=O)(=O)[C@H](CO)[C@@H](O)C1CC1. The molecule has 1 fully saturated rings. The van der Waals surface area contributed by atoms with Gasteiger partial charge in [-0.25, -0.2) is 8.42 Å². The fraction of sp³-hybridized carbons (Fsp3) is 1.00. The van der Waals surface area contributed by atoms with Crippen LogP contribution in [-0.4, -0.2) is 42.3 Å². The highest BCUT2D eigenvalue weighted by Gasteiger charge is 2.40. The van der Waals surface area contributed by atoms with E-state index in [9.17, 15) is 13.5 Å². The summed E-state index contributed by atoms with van der Waals surface area (Å²) in [6.45, 7) is 1.05. The predicted molar refractivity (Wildman–Crippen MR) is 49.1 cm³/mol. The van der Waals surface area contributed by atoms with Crippen molar-refractivity contribution in [3.05, 3.63) is 0 Å². The maximum Gasteiger partial charge on any atom is 0.157 e. The molecule has 0 aromatic rings. The van der Waals surface area contributed by atoms with Crippen LogP contribution < -0.4 is 0 Å². The molecule has 0 aromatic heterocycles. The maximum atomic E-state index is 11.4. The average molecular weight is 208 g/mol. The summed E-state index contributed by atoms with van der Waals surface area (Å²) in [5.74, 6) is 0.0561. The third kappa shape index (κ3) is 2.42. The van der Waals surface area contributed by atoms with E-state index in [0.717, 1.165) is 12.8 Å². The third-order valence-electron chi connectivity index (χ3n) is 2.53. The van der Waals surface area contributed by atoms with Gasteiger partial charge in [-0.05, 0) is 18.8 Å². The fourth-order valence-corrected chi connectivity index (χ4v) is 2.69. The van der Waals surface area contributed by atoms with Gasteiger partial charge in [0, 0.05) is 5.75 Å². The van der Waals surface area contributed by atoms with E-state index in [1.165, 1.54) is 6.92 Å². The maximum absolute atomic E-state index is 11.4. The molecule has 0 bridgehead atoms. The second kappa shape index (κ2) is 3.94. The van der Waals surface area contributed by atoms with Crippen molar-refractivity contribution in [2.45, 2.75) is 31.1 Å². The van der Waals surface area contributed by atoms with Crippen molar-refractivity contribution >= 4 is 9.84 Å². The average Bonchev–Trinajstić information content (AvgIpc) is 2.87. The second-order valence-electron chi connectivity index (χ2n) is 3.50. The van der Waals surface area contributed by atoms with Gasteiger partial charge >= 0.3 is 0 Å². The van der Waals surface area contributed by atoms with Gasteiger partial charge < -0.3 is 10.2 Å². The zero-order valence-electron chi connectivity index (χ0n) is 7.68. The number of aliphatic hydroxyl groups excluding tert-OH is 2. The Balaban J connectivity index is 2.71. The molecule has 0 radical (unpaired) electrons. The highest BCUT2D eigenvalue weighted by molar-refractivity contribution is 7.92. The minimum atomic E-state index is -3.31. The Morgan fingerprint density at radius 1 is 1.46 bits per heavy atom. The van der Waals surface area contributed by atoms with Crippen LogP contribution >= 0.6 is 0 Å². The Hall–Kier alpha value is -0.130. The fourth-order valence-electron chi connectivity index (χ4n) is 1.39. The lowest BCUT2D eigenvalue weighted by atomic mass is 10.2. The van der Waals surface area contributed by atoms with Crippen LogP contribution in [0.1, 0.15) is 19.8 Å². The van der Waals surface area contributed by atoms with E-state index in [0.29, 0.717) is 0 Å². The first kappa shape index (κ1) is 10.9. The molecule has 0 aliphatic heterocycles. The Morgan fingerprint density at radius 2 is 2.00 bits per heavy atom. The van der Waals surface area contributed by atoms with E-state index in [-0.39, 0.29) is 11.7 Å². The first-order chi connectivity index (χ1) is 6.03. The second-order valence-corrected chi connectivity index (χ2v) is 6.01. The lowest BCUT2D eigenvalue weighted by Gasteiger charge is -2.19. The van der Waals surface area contributed by atoms with Crippen molar-refractivity contribution in [1.29, 1.82) is 0 Å². The molecule has 0 amide bonds. The molecule has 1 aliphatic carbocycles. The van der Waals surface area contributed by atoms with Gasteiger partial charge in [0.15, 0.2) is 9.84 Å². The molecule has 5 heteroatoms. The standard InChI is InChI=1S/C8H16O4S/c1-2-13(11,12)7(5-9)8(10)6-3-4-6/h6-10H,2-5H2,1H3/t7-,8+/m1/s1. The number of hydrogen-bond donors (Lipinski definition) is 2. The zero-order chi connectivity index (χ0) is 10.1. The number of sulfone groups is 1. The van der Waals surface area contributed by atoms with E-state index < -0.39 is 27.8 Å². The van der Waals surface area contributed by atoms with Gasteiger partial charge in [-0.3, -0.25) is 0 Å². The van der Waals surface area contributed by atoms with E-state index in [2.05, 4.69) is 0 Å². The van der Waals surface area contributed by atoms with Crippen molar-refractivity contribution in [2.24, 2.45) is 5.92 Å². The van der Waals surface area contributed by atoms with Crippen molar-refractivity contribution in [3.63, 3.8) is 0 Å². The van der Waals surface area contributed by atoms with Crippen LogP contribution in [0.2, 0.25) is 0 Å². The van der Waals surface area contributed by atoms with Crippen molar-refractivity contribution in [1.82, 2.24) is 0 Å². The molecule has 2 N–H and O–H groups in total. The van der Waals surface area contributed by atoms with Gasteiger partial charge in [0.2, 0.25) is 0 Å². The molecule has 78 valence electrons. The van der Waals surface area contributed by atoms with Crippen LogP contribution in [0.15, 0.2) is 0 Å². The molecular formula is C8H16O4S. The van der Waals surface area contributed by atoms with Crippen LogP contribution in [0.4, 0.5) is 0 Å². The van der Waals surface area contributed by atoms with Gasteiger partial charge in [0.1, 0.15) is 5.25 Å². The van der Waals surface area contributed by atoms with E-state index in [4.69, 9.17) is 5.11 Å². The Kier molecular flexibility index (Phi) is 3.32. The van der Waals surface area contributed by atoms with Gasteiger partial charge in [-0.1, -0.05) is 6.92 Å². The molecule has 1 aliphatic rings. The van der Waals surface area contributed by atoms with Gasteiger partial charge in [0.25, 0.3) is 0 Å². The number of aliphatic hydroxyl groups is 2. The third-order valence-corrected chi connectivity index (χ3v) is 4.68. The van der Waals surface area contributed by atoms with Crippen molar-refractivity contribution in [2.75, 3.05) is 12.4 Å². The van der Waals surface area contributed by atoms with Crippen molar-refractivity contribution < 1.29 is 18.6 Å². The van der Waals surface area contributed by atoms with E-state index in [1.54, 1.807) is 0 Å². The molecule has 13 heavy (non-hydrogen) atoms. The van der Waals surface area contributed by atoms with Crippen LogP contribution in [-0.2, 0) is 9.84 Å². The van der Waals surface area contributed by atoms with Crippen LogP contribution in [0, 0.1) is 5.92 Å². The molecule has 0 saturated heterocycles. The highest BCUT2D eigenvalue weighted by atomic mass is 32.2. The van der Waals surface area contributed by atoms with Gasteiger partial charge in [0.05, 0.1) is 12.7 Å². The molecular weight excluding hydrogens is 192 g/mol. The summed E-state index contributed by atoms with van der Waals surface area (Å²) in [6, 6.07) is 0. The first-order valence-corrected chi connectivity index (χ1v) is 6.25. The van der Waals surface area contributed by atoms with Crippen LogP contribution in [0.25, 0.3) is 0 Å². The highest BCUT2D eigenvalue weighted by Crippen LogP contribution is 2.35. The zero-order valence-corrected chi connectivity index (χ0v) is 8.50. The summed E-state index contributed by atoms with van der Waals surface area (Å²) in [5, 5.41) is 17.5. The number of hydrogen-bond acceptors (Lipinski definition) is 4. The molecule has 0 unspecified atom stereocenters. The predicted octanol–water partition coefficient (Wildman–Crippen LogP) is -0.447. The smallest absolute Gasteiger partial charge is 0.157 e. The normalized spacial score (nSPS) is 22.7. The summed E-state index contributed by atoms with van der Waals surface area (Å²) in [7, 11) is -3.31. The Morgan fingerprint density at radius 3 is 2.31 bits per heavy atom. The lowest BCUT2D eigenvalue weighted by Crippen LogP contribution is -2.39.